The Morgan fingerprint density at radius 2 is 2.00 bits per heavy atom. The van der Waals surface area contributed by atoms with E-state index < -0.39 is 5.41 Å². The SMILES string of the molecule is CCNC(=O)C(C)(C)CNC(=NC)N1CCC2(CCC2)C1. The molecule has 2 rings (SSSR count). The zero-order valence-corrected chi connectivity index (χ0v) is 14.0. The average Bonchev–Trinajstić information content (AvgIpc) is 2.85. The van der Waals surface area contributed by atoms with E-state index >= 15 is 0 Å². The van der Waals surface area contributed by atoms with Crippen molar-refractivity contribution in [2.45, 2.75) is 46.5 Å². The van der Waals surface area contributed by atoms with Gasteiger partial charge < -0.3 is 15.5 Å². The summed E-state index contributed by atoms with van der Waals surface area (Å²) in [5.41, 5.74) is 0.132. The lowest BCUT2D eigenvalue weighted by Crippen LogP contribution is -2.49. The number of likely N-dealkylation sites (tertiary alicyclic amines) is 1. The van der Waals surface area contributed by atoms with Crippen LogP contribution in [0.5, 0.6) is 0 Å². The number of carbonyl (C=O) groups excluding carboxylic acids is 1. The van der Waals surface area contributed by atoms with Gasteiger partial charge in [-0.1, -0.05) is 6.42 Å². The van der Waals surface area contributed by atoms with Crippen molar-refractivity contribution < 1.29 is 4.79 Å². The molecule has 1 aliphatic heterocycles. The molecule has 0 unspecified atom stereocenters. The molecule has 0 aromatic rings. The van der Waals surface area contributed by atoms with Crippen molar-refractivity contribution in [1.82, 2.24) is 15.5 Å². The second kappa shape index (κ2) is 6.24. The number of hydrogen-bond acceptors (Lipinski definition) is 2. The summed E-state index contributed by atoms with van der Waals surface area (Å²) >= 11 is 0. The minimum atomic E-state index is -0.431. The molecule has 1 saturated heterocycles. The van der Waals surface area contributed by atoms with Gasteiger partial charge in [0.05, 0.1) is 5.41 Å². The predicted molar refractivity (Wildman–Crippen MR) is 86.3 cm³/mol. The highest BCUT2D eigenvalue weighted by atomic mass is 16.2. The zero-order valence-electron chi connectivity index (χ0n) is 14.0. The monoisotopic (exact) mass is 294 g/mol. The number of nitrogens with one attached hydrogen (secondary N) is 2. The minimum Gasteiger partial charge on any atom is -0.356 e. The van der Waals surface area contributed by atoms with E-state index in [2.05, 4.69) is 20.5 Å². The van der Waals surface area contributed by atoms with Crippen molar-refractivity contribution in [3.63, 3.8) is 0 Å². The zero-order chi connectivity index (χ0) is 15.5. The van der Waals surface area contributed by atoms with Gasteiger partial charge in [-0.25, -0.2) is 0 Å². The normalized spacial score (nSPS) is 21.3. The summed E-state index contributed by atoms with van der Waals surface area (Å²) in [7, 11) is 1.83. The number of carbonyl (C=O) groups is 1. The molecular formula is C16H30N4O. The van der Waals surface area contributed by atoms with Gasteiger partial charge in [-0.2, -0.15) is 0 Å². The lowest BCUT2D eigenvalue weighted by Gasteiger charge is -2.38. The maximum absolute atomic E-state index is 12.0. The van der Waals surface area contributed by atoms with Crippen LogP contribution in [0, 0.1) is 10.8 Å². The fourth-order valence-corrected chi connectivity index (χ4v) is 3.31. The highest BCUT2D eigenvalue weighted by molar-refractivity contribution is 5.84. The molecule has 1 spiro atoms. The van der Waals surface area contributed by atoms with E-state index in [1.807, 2.05) is 27.8 Å². The maximum atomic E-state index is 12.0. The Labute approximate surface area is 128 Å². The Morgan fingerprint density at radius 1 is 1.29 bits per heavy atom. The third-order valence-corrected chi connectivity index (χ3v) is 5.00. The van der Waals surface area contributed by atoms with Crippen molar-refractivity contribution >= 4 is 11.9 Å². The van der Waals surface area contributed by atoms with Crippen molar-refractivity contribution in [2.75, 3.05) is 33.2 Å². The van der Waals surface area contributed by atoms with Crippen molar-refractivity contribution in [3.8, 4) is 0 Å². The molecule has 0 bridgehead atoms. The van der Waals surface area contributed by atoms with Gasteiger partial charge in [-0.05, 0) is 45.4 Å². The van der Waals surface area contributed by atoms with Gasteiger partial charge in [0.1, 0.15) is 0 Å². The molecule has 2 N–H and O–H groups in total. The van der Waals surface area contributed by atoms with Gasteiger partial charge in [0, 0.05) is 33.2 Å². The molecular weight excluding hydrogens is 264 g/mol. The van der Waals surface area contributed by atoms with Gasteiger partial charge in [-0.15, -0.1) is 0 Å². The minimum absolute atomic E-state index is 0.0878. The van der Waals surface area contributed by atoms with E-state index in [1.165, 1.54) is 25.7 Å². The van der Waals surface area contributed by atoms with Crippen LogP contribution < -0.4 is 10.6 Å². The van der Waals surface area contributed by atoms with Gasteiger partial charge in [-0.3, -0.25) is 9.79 Å². The molecule has 120 valence electrons. The molecule has 1 aliphatic carbocycles. The molecule has 1 saturated carbocycles. The number of amides is 1. The van der Waals surface area contributed by atoms with Gasteiger partial charge in [0.2, 0.25) is 5.91 Å². The standard InChI is InChI=1S/C16H30N4O/c1-5-18-13(21)15(2,3)11-19-14(17-4)20-10-9-16(12-20)7-6-8-16/h5-12H2,1-4H3,(H,17,19)(H,18,21). The molecule has 0 aromatic carbocycles. The Bertz CT molecular complexity index is 413. The summed E-state index contributed by atoms with van der Waals surface area (Å²) in [4.78, 5) is 18.8. The third kappa shape index (κ3) is 3.50. The molecule has 1 amide bonds. The van der Waals surface area contributed by atoms with Crippen LogP contribution in [0.3, 0.4) is 0 Å². The largest absolute Gasteiger partial charge is 0.356 e. The average molecular weight is 294 g/mol. The predicted octanol–water partition coefficient (Wildman–Crippen LogP) is 1.60. The lowest BCUT2D eigenvalue weighted by molar-refractivity contribution is -0.128. The first-order chi connectivity index (χ1) is 9.92. The second-order valence-electron chi connectivity index (χ2n) is 7.17. The van der Waals surface area contributed by atoms with Crippen LogP contribution in [0.2, 0.25) is 0 Å². The van der Waals surface area contributed by atoms with Crippen LogP contribution in [0.1, 0.15) is 46.5 Å². The molecule has 21 heavy (non-hydrogen) atoms. The van der Waals surface area contributed by atoms with Crippen LogP contribution in [0.15, 0.2) is 4.99 Å². The van der Waals surface area contributed by atoms with Gasteiger partial charge in [0.25, 0.3) is 0 Å². The number of aliphatic imine (C=N–C) groups is 1. The lowest BCUT2D eigenvalue weighted by atomic mass is 9.68. The highest BCUT2D eigenvalue weighted by Crippen LogP contribution is 2.47. The first kappa shape index (κ1) is 16.1. The van der Waals surface area contributed by atoms with E-state index in [-0.39, 0.29) is 5.91 Å². The van der Waals surface area contributed by atoms with E-state index in [0.29, 0.717) is 18.5 Å². The van der Waals surface area contributed by atoms with Crippen LogP contribution in [0.25, 0.3) is 0 Å². The topological polar surface area (TPSA) is 56.7 Å². The molecule has 0 radical (unpaired) electrons. The summed E-state index contributed by atoms with van der Waals surface area (Å²) in [5.74, 6) is 1.03. The quantitative estimate of drug-likeness (QED) is 0.612. The van der Waals surface area contributed by atoms with E-state index in [9.17, 15) is 4.79 Å². The van der Waals surface area contributed by atoms with Crippen LogP contribution in [0.4, 0.5) is 0 Å². The number of nitrogens with zero attached hydrogens (tertiary/aromatic N) is 2. The summed E-state index contributed by atoms with van der Waals surface area (Å²) in [6.45, 7) is 9.37. The Kier molecular flexibility index (Phi) is 4.79. The maximum Gasteiger partial charge on any atom is 0.227 e. The van der Waals surface area contributed by atoms with Crippen molar-refractivity contribution in [1.29, 1.82) is 0 Å². The van der Waals surface area contributed by atoms with Crippen molar-refractivity contribution in [3.05, 3.63) is 0 Å². The van der Waals surface area contributed by atoms with E-state index in [1.54, 1.807) is 0 Å². The third-order valence-electron chi connectivity index (χ3n) is 5.00. The molecule has 0 aromatic heterocycles. The van der Waals surface area contributed by atoms with E-state index in [4.69, 9.17) is 0 Å². The second-order valence-corrected chi connectivity index (χ2v) is 7.17. The van der Waals surface area contributed by atoms with Crippen LogP contribution in [-0.4, -0.2) is 50.0 Å². The molecule has 1 heterocycles. The number of guanidine groups is 1. The summed E-state index contributed by atoms with van der Waals surface area (Å²) in [5, 5.41) is 6.29. The Hall–Kier alpha value is -1.26. The molecule has 2 fully saturated rings. The van der Waals surface area contributed by atoms with E-state index in [0.717, 1.165) is 19.0 Å². The Balaban J connectivity index is 1.87. The molecule has 2 aliphatic rings. The van der Waals surface area contributed by atoms with Gasteiger partial charge in [0.15, 0.2) is 5.96 Å². The fourth-order valence-electron chi connectivity index (χ4n) is 3.31. The fraction of sp³-hybridized carbons (Fsp3) is 0.875. The summed E-state index contributed by atoms with van der Waals surface area (Å²) in [6, 6.07) is 0. The van der Waals surface area contributed by atoms with Crippen LogP contribution >= 0.6 is 0 Å². The smallest absolute Gasteiger partial charge is 0.227 e. The van der Waals surface area contributed by atoms with Crippen molar-refractivity contribution in [2.24, 2.45) is 15.8 Å². The molecule has 5 heteroatoms. The summed E-state index contributed by atoms with van der Waals surface area (Å²) < 4.78 is 0. The van der Waals surface area contributed by atoms with Gasteiger partial charge >= 0.3 is 0 Å². The molecule has 5 nitrogen and oxygen atoms in total. The number of rotatable bonds is 4. The molecule has 0 atom stereocenters. The first-order valence-corrected chi connectivity index (χ1v) is 8.16. The highest BCUT2D eigenvalue weighted by Gasteiger charge is 2.43. The van der Waals surface area contributed by atoms with Crippen LogP contribution in [-0.2, 0) is 4.79 Å². The first-order valence-electron chi connectivity index (χ1n) is 8.16. The number of hydrogen-bond donors (Lipinski definition) is 2. The Morgan fingerprint density at radius 3 is 2.48 bits per heavy atom. The summed E-state index contributed by atoms with van der Waals surface area (Å²) in [6.07, 6.45) is 5.40.